The standard InChI is InChI=1S/C14H26BrN/c1-2-12(9-15)10-16-8-7-13-5-3-4-6-14(13)11-16/h12-14H,2-11H2,1H3. The molecular weight excluding hydrogens is 262 g/mol. The van der Waals surface area contributed by atoms with Crippen LogP contribution in [0.15, 0.2) is 0 Å². The van der Waals surface area contributed by atoms with Crippen LogP contribution in [0.2, 0.25) is 0 Å². The summed E-state index contributed by atoms with van der Waals surface area (Å²) >= 11 is 3.65. The predicted molar refractivity (Wildman–Crippen MR) is 74.1 cm³/mol. The van der Waals surface area contributed by atoms with Gasteiger partial charge in [0.05, 0.1) is 0 Å². The molecule has 1 aliphatic heterocycles. The number of hydrogen-bond donors (Lipinski definition) is 0. The topological polar surface area (TPSA) is 3.24 Å². The molecule has 0 aromatic heterocycles. The fourth-order valence-electron chi connectivity index (χ4n) is 3.49. The highest BCUT2D eigenvalue weighted by Crippen LogP contribution is 2.36. The minimum absolute atomic E-state index is 0.861. The molecule has 1 saturated heterocycles. The second-order valence-corrected chi connectivity index (χ2v) is 6.43. The van der Waals surface area contributed by atoms with Crippen molar-refractivity contribution < 1.29 is 0 Å². The zero-order valence-corrected chi connectivity index (χ0v) is 12.2. The van der Waals surface area contributed by atoms with E-state index in [9.17, 15) is 0 Å². The molecular formula is C14H26BrN. The van der Waals surface area contributed by atoms with E-state index in [1.165, 1.54) is 63.5 Å². The summed E-state index contributed by atoms with van der Waals surface area (Å²) in [7, 11) is 0. The second kappa shape index (κ2) is 6.39. The van der Waals surface area contributed by atoms with Gasteiger partial charge in [0.1, 0.15) is 0 Å². The molecule has 1 saturated carbocycles. The molecule has 3 unspecified atom stereocenters. The highest BCUT2D eigenvalue weighted by Gasteiger charge is 2.31. The van der Waals surface area contributed by atoms with E-state index in [0.29, 0.717) is 0 Å². The summed E-state index contributed by atoms with van der Waals surface area (Å²) in [5.41, 5.74) is 0. The molecule has 0 radical (unpaired) electrons. The molecule has 1 nitrogen and oxygen atoms in total. The second-order valence-electron chi connectivity index (χ2n) is 5.78. The third-order valence-corrected chi connectivity index (χ3v) is 5.60. The van der Waals surface area contributed by atoms with Gasteiger partial charge >= 0.3 is 0 Å². The Morgan fingerprint density at radius 1 is 1.19 bits per heavy atom. The number of fused-ring (bicyclic) bond motifs is 1. The van der Waals surface area contributed by atoms with Gasteiger partial charge in [-0.1, -0.05) is 48.5 Å². The Morgan fingerprint density at radius 2 is 1.94 bits per heavy atom. The molecule has 0 spiro atoms. The summed E-state index contributed by atoms with van der Waals surface area (Å²) in [5, 5.41) is 1.17. The Bertz CT molecular complexity index is 203. The number of hydrogen-bond acceptors (Lipinski definition) is 1. The minimum Gasteiger partial charge on any atom is -0.303 e. The van der Waals surface area contributed by atoms with Crippen molar-refractivity contribution in [2.75, 3.05) is 25.0 Å². The monoisotopic (exact) mass is 287 g/mol. The van der Waals surface area contributed by atoms with Crippen molar-refractivity contribution in [2.45, 2.75) is 45.4 Å². The van der Waals surface area contributed by atoms with Crippen molar-refractivity contribution in [2.24, 2.45) is 17.8 Å². The maximum atomic E-state index is 3.65. The fourth-order valence-corrected chi connectivity index (χ4v) is 4.16. The SMILES string of the molecule is CCC(CBr)CN1CCC2CCCCC2C1. The van der Waals surface area contributed by atoms with Gasteiger partial charge in [-0.25, -0.2) is 0 Å². The molecule has 1 aliphatic carbocycles. The Hall–Kier alpha value is 0.440. The molecule has 0 bridgehead atoms. The van der Waals surface area contributed by atoms with Crippen LogP contribution in [0.25, 0.3) is 0 Å². The van der Waals surface area contributed by atoms with Crippen LogP contribution in [0.4, 0.5) is 0 Å². The zero-order valence-electron chi connectivity index (χ0n) is 10.6. The van der Waals surface area contributed by atoms with E-state index in [2.05, 4.69) is 27.8 Å². The van der Waals surface area contributed by atoms with Crippen molar-refractivity contribution in [1.29, 1.82) is 0 Å². The average Bonchev–Trinajstić information content (AvgIpc) is 2.35. The van der Waals surface area contributed by atoms with E-state index in [1.807, 2.05) is 0 Å². The largest absolute Gasteiger partial charge is 0.303 e. The summed E-state index contributed by atoms with van der Waals surface area (Å²) in [4.78, 5) is 2.74. The van der Waals surface area contributed by atoms with E-state index in [1.54, 1.807) is 0 Å². The van der Waals surface area contributed by atoms with Gasteiger partial charge in [0, 0.05) is 18.4 Å². The first-order valence-electron chi connectivity index (χ1n) is 7.11. The van der Waals surface area contributed by atoms with Gasteiger partial charge < -0.3 is 4.90 Å². The maximum absolute atomic E-state index is 3.65. The van der Waals surface area contributed by atoms with Gasteiger partial charge in [0.25, 0.3) is 0 Å². The van der Waals surface area contributed by atoms with Crippen molar-refractivity contribution in [3.8, 4) is 0 Å². The molecule has 2 fully saturated rings. The van der Waals surface area contributed by atoms with Crippen molar-refractivity contribution in [3.63, 3.8) is 0 Å². The van der Waals surface area contributed by atoms with Crippen LogP contribution < -0.4 is 0 Å². The molecule has 0 amide bonds. The van der Waals surface area contributed by atoms with Gasteiger partial charge in [0.15, 0.2) is 0 Å². The quantitative estimate of drug-likeness (QED) is 0.709. The lowest BCUT2D eigenvalue weighted by atomic mass is 9.75. The first kappa shape index (κ1) is 12.9. The lowest BCUT2D eigenvalue weighted by Crippen LogP contribution is -2.43. The predicted octanol–water partition coefficient (Wildman–Crippen LogP) is 3.92. The summed E-state index contributed by atoms with van der Waals surface area (Å²) < 4.78 is 0. The molecule has 0 N–H and O–H groups in total. The summed E-state index contributed by atoms with van der Waals surface area (Å²) in [5.74, 6) is 2.98. The summed E-state index contributed by atoms with van der Waals surface area (Å²) in [6.07, 6.45) is 8.81. The summed E-state index contributed by atoms with van der Waals surface area (Å²) in [6, 6.07) is 0. The van der Waals surface area contributed by atoms with Gasteiger partial charge in [-0.2, -0.15) is 0 Å². The lowest BCUT2D eigenvalue weighted by Gasteiger charge is -2.42. The van der Waals surface area contributed by atoms with Crippen LogP contribution in [0.1, 0.15) is 45.4 Å². The highest BCUT2D eigenvalue weighted by molar-refractivity contribution is 9.09. The first-order valence-corrected chi connectivity index (χ1v) is 8.24. The Morgan fingerprint density at radius 3 is 2.62 bits per heavy atom. The molecule has 2 aliphatic rings. The lowest BCUT2D eigenvalue weighted by molar-refractivity contribution is 0.0776. The smallest absolute Gasteiger partial charge is 0.00717 e. The zero-order chi connectivity index (χ0) is 11.4. The Labute approximate surface area is 109 Å². The van der Waals surface area contributed by atoms with Crippen molar-refractivity contribution >= 4 is 15.9 Å². The molecule has 1 heterocycles. The Kier molecular flexibility index (Phi) is 5.15. The number of halogens is 1. The van der Waals surface area contributed by atoms with E-state index >= 15 is 0 Å². The molecule has 2 heteroatoms. The van der Waals surface area contributed by atoms with Crippen LogP contribution in [0.5, 0.6) is 0 Å². The van der Waals surface area contributed by atoms with Gasteiger partial charge in [0.2, 0.25) is 0 Å². The normalized spacial score (nSPS) is 33.4. The van der Waals surface area contributed by atoms with E-state index in [0.717, 1.165) is 17.8 Å². The van der Waals surface area contributed by atoms with Crippen LogP contribution in [-0.2, 0) is 0 Å². The number of rotatable bonds is 4. The number of alkyl halides is 1. The van der Waals surface area contributed by atoms with E-state index < -0.39 is 0 Å². The van der Waals surface area contributed by atoms with Crippen LogP contribution in [-0.4, -0.2) is 29.9 Å². The van der Waals surface area contributed by atoms with Gasteiger partial charge in [-0.05, 0) is 37.1 Å². The minimum atomic E-state index is 0.861. The van der Waals surface area contributed by atoms with E-state index in [-0.39, 0.29) is 0 Å². The number of likely N-dealkylation sites (tertiary alicyclic amines) is 1. The van der Waals surface area contributed by atoms with Crippen molar-refractivity contribution in [3.05, 3.63) is 0 Å². The molecule has 2 rings (SSSR count). The first-order chi connectivity index (χ1) is 7.83. The average molecular weight is 288 g/mol. The third kappa shape index (κ3) is 3.22. The van der Waals surface area contributed by atoms with Crippen LogP contribution in [0.3, 0.4) is 0 Å². The van der Waals surface area contributed by atoms with Crippen molar-refractivity contribution in [1.82, 2.24) is 4.90 Å². The van der Waals surface area contributed by atoms with Crippen LogP contribution in [0, 0.1) is 17.8 Å². The molecule has 16 heavy (non-hydrogen) atoms. The molecule has 94 valence electrons. The van der Waals surface area contributed by atoms with Crippen LogP contribution >= 0.6 is 15.9 Å². The number of nitrogens with zero attached hydrogens (tertiary/aromatic N) is 1. The molecule has 3 atom stereocenters. The maximum Gasteiger partial charge on any atom is 0.00717 e. The number of piperidine rings is 1. The molecule has 0 aromatic carbocycles. The van der Waals surface area contributed by atoms with Gasteiger partial charge in [-0.15, -0.1) is 0 Å². The molecule has 0 aromatic rings. The fraction of sp³-hybridized carbons (Fsp3) is 1.00. The highest BCUT2D eigenvalue weighted by atomic mass is 79.9. The van der Waals surface area contributed by atoms with E-state index in [4.69, 9.17) is 0 Å². The summed E-state index contributed by atoms with van der Waals surface area (Å²) in [6.45, 7) is 6.41. The Balaban J connectivity index is 1.80. The third-order valence-electron chi connectivity index (χ3n) is 4.69. The van der Waals surface area contributed by atoms with Gasteiger partial charge in [-0.3, -0.25) is 0 Å².